The average Bonchev–Trinajstić information content (AvgIpc) is 1.84. The van der Waals surface area contributed by atoms with E-state index in [1.54, 1.807) is 0 Å². The van der Waals surface area contributed by atoms with Crippen molar-refractivity contribution < 1.29 is 0 Å². The summed E-state index contributed by atoms with van der Waals surface area (Å²) >= 11 is 7.84. The number of hydrogen-bond donors (Lipinski definition) is 0. The zero-order chi connectivity index (χ0) is 9.94. The maximum atomic E-state index is 5.80. The Balaban J connectivity index is 4.53. The summed E-state index contributed by atoms with van der Waals surface area (Å²) in [6, 6.07) is 0. The van der Waals surface area contributed by atoms with Crippen LogP contribution in [-0.4, -0.2) is 16.6 Å². The van der Waals surface area contributed by atoms with Gasteiger partial charge in [0.25, 0.3) is 0 Å². The van der Waals surface area contributed by atoms with E-state index >= 15 is 0 Å². The molecule has 0 saturated heterocycles. The maximum absolute atomic E-state index is 5.80. The molecule has 0 N–H and O–H groups in total. The minimum Gasteiger partial charge on any atom is -0.120 e. The lowest BCUT2D eigenvalue weighted by Crippen LogP contribution is -2.07. The van der Waals surface area contributed by atoms with Crippen LogP contribution in [0.3, 0.4) is 0 Å². The van der Waals surface area contributed by atoms with E-state index in [-0.39, 0.29) is 0 Å². The molecule has 3 heteroatoms. The first-order chi connectivity index (χ1) is 5.30. The van der Waals surface area contributed by atoms with Crippen LogP contribution in [0.15, 0.2) is 0 Å². The van der Waals surface area contributed by atoms with Gasteiger partial charge in [-0.05, 0) is 11.3 Å². The molecule has 12 heavy (non-hydrogen) atoms. The van der Waals surface area contributed by atoms with Crippen molar-refractivity contribution in [1.29, 1.82) is 0 Å². The van der Waals surface area contributed by atoms with E-state index in [2.05, 4.69) is 41.5 Å². The van der Waals surface area contributed by atoms with Crippen molar-refractivity contribution in [2.75, 3.05) is 0 Å². The summed E-state index contributed by atoms with van der Waals surface area (Å²) in [5, 5.41) is -0.488. The number of rotatable bonds is 4. The molecule has 0 nitrogen and oxygen atoms in total. The van der Waals surface area contributed by atoms with Crippen LogP contribution < -0.4 is 0 Å². The van der Waals surface area contributed by atoms with Crippen molar-refractivity contribution in [3.05, 3.63) is 0 Å². The summed E-state index contributed by atoms with van der Waals surface area (Å²) in [6.07, 6.45) is 0. The lowest BCUT2D eigenvalue weighted by atomic mass is 10.5. The van der Waals surface area contributed by atoms with Crippen molar-refractivity contribution in [1.82, 2.24) is 0 Å². The standard InChI is InChI=1S/C9H21PS2/c1-7(2)10(11,8(3)4)12-9(5)6/h7-9H,1-6H3. The van der Waals surface area contributed by atoms with Gasteiger partial charge in [-0.3, -0.25) is 0 Å². The Kier molecular flexibility index (Phi) is 5.44. The first-order valence-corrected chi connectivity index (χ1v) is 9.01. The third kappa shape index (κ3) is 3.40. The molecule has 0 heterocycles. The van der Waals surface area contributed by atoms with Gasteiger partial charge in [-0.25, -0.2) is 0 Å². The minimum atomic E-state index is -1.17. The van der Waals surface area contributed by atoms with Crippen LogP contribution in [0.25, 0.3) is 0 Å². The molecular weight excluding hydrogens is 203 g/mol. The molecule has 0 aliphatic heterocycles. The zero-order valence-corrected chi connectivity index (χ0v) is 11.5. The Bertz CT molecular complexity index is 161. The van der Waals surface area contributed by atoms with E-state index in [0.717, 1.165) is 0 Å². The molecule has 0 saturated carbocycles. The van der Waals surface area contributed by atoms with E-state index in [1.165, 1.54) is 0 Å². The van der Waals surface area contributed by atoms with Crippen LogP contribution in [-0.2, 0) is 11.8 Å². The topological polar surface area (TPSA) is 0 Å². The van der Waals surface area contributed by atoms with Gasteiger partial charge in [0.1, 0.15) is 0 Å². The van der Waals surface area contributed by atoms with Gasteiger partial charge < -0.3 is 0 Å². The van der Waals surface area contributed by atoms with Gasteiger partial charge in [-0.2, -0.15) is 0 Å². The fourth-order valence-electron chi connectivity index (χ4n) is 1.17. The lowest BCUT2D eigenvalue weighted by Gasteiger charge is -2.31. The highest BCUT2D eigenvalue weighted by Gasteiger charge is 2.26. The molecule has 0 amide bonds. The highest BCUT2D eigenvalue weighted by atomic mass is 32.9. The largest absolute Gasteiger partial charge is 0.120 e. The van der Waals surface area contributed by atoms with Gasteiger partial charge in [-0.1, -0.05) is 53.3 Å². The molecule has 0 fully saturated rings. The molecule has 0 atom stereocenters. The normalized spacial score (nSPS) is 13.4. The average molecular weight is 224 g/mol. The molecule has 0 radical (unpaired) electrons. The second kappa shape index (κ2) is 5.02. The summed E-state index contributed by atoms with van der Waals surface area (Å²) < 4.78 is 0. The van der Waals surface area contributed by atoms with Gasteiger partial charge in [0.05, 0.1) is 0 Å². The number of hydrogen-bond acceptors (Lipinski definition) is 2. The van der Waals surface area contributed by atoms with E-state index in [4.69, 9.17) is 11.8 Å². The summed E-state index contributed by atoms with van der Waals surface area (Å²) in [6.45, 7) is 13.6. The lowest BCUT2D eigenvalue weighted by molar-refractivity contribution is 1.02. The smallest absolute Gasteiger partial charge is 0.0116 e. The predicted octanol–water partition coefficient (Wildman–Crippen LogP) is 4.34. The molecule has 0 aromatic carbocycles. The second-order valence-electron chi connectivity index (χ2n) is 3.99. The fourth-order valence-corrected chi connectivity index (χ4v) is 8.49. The highest BCUT2D eigenvalue weighted by Crippen LogP contribution is 2.67. The second-order valence-corrected chi connectivity index (χ2v) is 13.4. The summed E-state index contributed by atoms with van der Waals surface area (Å²) in [4.78, 5) is 0. The molecule has 0 rings (SSSR count). The van der Waals surface area contributed by atoms with Crippen LogP contribution in [0.5, 0.6) is 0 Å². The van der Waals surface area contributed by atoms with Crippen LogP contribution in [0.4, 0.5) is 0 Å². The molecule has 74 valence electrons. The third-order valence-corrected chi connectivity index (χ3v) is 13.5. The molecule has 0 unspecified atom stereocenters. The highest BCUT2D eigenvalue weighted by molar-refractivity contribution is 8.71. The van der Waals surface area contributed by atoms with Crippen LogP contribution in [0.1, 0.15) is 41.5 Å². The van der Waals surface area contributed by atoms with Crippen LogP contribution >= 0.6 is 16.6 Å². The summed E-state index contributed by atoms with van der Waals surface area (Å²) in [5.74, 6) is 0. The van der Waals surface area contributed by atoms with Crippen molar-refractivity contribution >= 4 is 28.4 Å². The van der Waals surface area contributed by atoms with E-state index in [0.29, 0.717) is 16.6 Å². The fraction of sp³-hybridized carbons (Fsp3) is 1.00. The molecule has 0 aromatic rings. The monoisotopic (exact) mass is 224 g/mol. The SMILES string of the molecule is CC(C)SP(=S)(C(C)C)C(C)C. The predicted molar refractivity (Wildman–Crippen MR) is 67.3 cm³/mol. The Labute approximate surface area is 86.7 Å². The van der Waals surface area contributed by atoms with E-state index < -0.39 is 5.24 Å². The van der Waals surface area contributed by atoms with Crippen LogP contribution in [0.2, 0.25) is 0 Å². The van der Waals surface area contributed by atoms with Crippen molar-refractivity contribution in [3.63, 3.8) is 0 Å². The van der Waals surface area contributed by atoms with Crippen molar-refractivity contribution in [2.24, 2.45) is 0 Å². The van der Waals surface area contributed by atoms with Gasteiger partial charge in [0.15, 0.2) is 0 Å². The Morgan fingerprint density at radius 2 is 1.25 bits per heavy atom. The first-order valence-electron chi connectivity index (χ1n) is 4.58. The molecule has 0 spiro atoms. The van der Waals surface area contributed by atoms with Crippen LogP contribution in [0, 0.1) is 0 Å². The zero-order valence-electron chi connectivity index (χ0n) is 9.00. The minimum absolute atomic E-state index is 0.680. The van der Waals surface area contributed by atoms with Gasteiger partial charge in [-0.15, -0.1) is 11.4 Å². The third-order valence-electron chi connectivity index (χ3n) is 1.82. The molecule has 0 bridgehead atoms. The Hall–Kier alpha value is 1.00. The molecule has 0 aromatic heterocycles. The summed E-state index contributed by atoms with van der Waals surface area (Å²) in [5.41, 5.74) is 1.36. The molecule has 0 aliphatic carbocycles. The van der Waals surface area contributed by atoms with Crippen molar-refractivity contribution in [2.45, 2.75) is 58.1 Å². The maximum Gasteiger partial charge on any atom is 0.0116 e. The van der Waals surface area contributed by atoms with Gasteiger partial charge in [0.2, 0.25) is 0 Å². The molecular formula is C9H21PS2. The van der Waals surface area contributed by atoms with E-state index in [1.807, 2.05) is 11.4 Å². The first kappa shape index (κ1) is 13.0. The van der Waals surface area contributed by atoms with Gasteiger partial charge >= 0.3 is 0 Å². The van der Waals surface area contributed by atoms with Crippen molar-refractivity contribution in [3.8, 4) is 0 Å². The van der Waals surface area contributed by atoms with E-state index in [9.17, 15) is 0 Å². The Morgan fingerprint density at radius 3 is 1.33 bits per heavy atom. The van der Waals surface area contributed by atoms with Gasteiger partial charge in [0, 0.05) is 10.5 Å². The molecule has 0 aliphatic rings. The Morgan fingerprint density at radius 1 is 0.917 bits per heavy atom. The quantitative estimate of drug-likeness (QED) is 0.652. The summed E-state index contributed by atoms with van der Waals surface area (Å²) in [7, 11) is 0.